The second-order valence-corrected chi connectivity index (χ2v) is 9.57. The molecule has 5 aromatic rings. The highest BCUT2D eigenvalue weighted by molar-refractivity contribution is 7.97. The molecule has 9 heteroatoms. The summed E-state index contributed by atoms with van der Waals surface area (Å²) in [5.74, 6) is -2.17. The number of carbonyl (C=O) groups is 1. The number of rotatable bonds is 8. The molecule has 1 unspecified atom stereocenters. The van der Waals surface area contributed by atoms with Gasteiger partial charge in [0.2, 0.25) is 5.91 Å². The molecule has 0 saturated carbocycles. The van der Waals surface area contributed by atoms with Crippen LogP contribution in [0.2, 0.25) is 0 Å². The van der Waals surface area contributed by atoms with Gasteiger partial charge in [0.25, 0.3) is 0 Å². The zero-order valence-electron chi connectivity index (χ0n) is 22.0. The molecular weight excluding hydrogens is 533 g/mol. The highest BCUT2D eigenvalue weighted by Crippen LogP contribution is 2.31. The number of benzene rings is 3. The number of amides is 1. The van der Waals surface area contributed by atoms with E-state index in [-0.39, 0.29) is 18.7 Å². The van der Waals surface area contributed by atoms with Crippen molar-refractivity contribution in [1.82, 2.24) is 15.3 Å². The molecule has 0 aliphatic heterocycles. The van der Waals surface area contributed by atoms with Gasteiger partial charge in [-0.25, -0.2) is 13.2 Å². The van der Waals surface area contributed by atoms with Crippen molar-refractivity contribution in [2.75, 3.05) is 0 Å². The Kier molecular flexibility index (Phi) is 9.63. The minimum Gasteiger partial charge on any atom is -0.361 e. The quantitative estimate of drug-likeness (QED) is 0.174. The molecule has 2 aromatic heterocycles. The van der Waals surface area contributed by atoms with Crippen LogP contribution in [0.3, 0.4) is 0 Å². The van der Waals surface area contributed by atoms with Gasteiger partial charge in [-0.05, 0) is 83.6 Å². The molecule has 0 fully saturated rings. The van der Waals surface area contributed by atoms with E-state index in [0.29, 0.717) is 27.7 Å². The molecule has 0 aliphatic carbocycles. The summed E-state index contributed by atoms with van der Waals surface area (Å²) in [6.45, 7) is 4.00. The van der Waals surface area contributed by atoms with Crippen LogP contribution in [0, 0.1) is 17.5 Å². The molecule has 5 rings (SSSR count). The first kappa shape index (κ1) is 28.9. The number of hydrogen-bond donors (Lipinski definition) is 3. The monoisotopic (exact) mass is 562 g/mol. The maximum atomic E-state index is 14.0. The van der Waals surface area contributed by atoms with Gasteiger partial charge < -0.3 is 10.3 Å². The van der Waals surface area contributed by atoms with Crippen molar-refractivity contribution in [3.63, 3.8) is 0 Å². The van der Waals surface area contributed by atoms with Crippen LogP contribution in [-0.4, -0.2) is 15.9 Å². The Morgan fingerprint density at radius 1 is 0.975 bits per heavy atom. The third-order valence-corrected chi connectivity index (χ3v) is 6.75. The molecule has 2 heterocycles. The second-order valence-electron chi connectivity index (χ2n) is 8.86. The number of H-pyrrole nitrogens is 1. The Hall–Kier alpha value is -4.08. The molecule has 1 amide bonds. The predicted octanol–water partition coefficient (Wildman–Crippen LogP) is 7.28. The van der Waals surface area contributed by atoms with Gasteiger partial charge in [0.05, 0.1) is 18.2 Å². The molecule has 0 saturated heterocycles. The summed E-state index contributed by atoms with van der Waals surface area (Å²) >= 11 is 1.11. The molecule has 206 valence electrons. The molecular formula is C31H29F3N4OS. The normalized spacial score (nSPS) is 11.6. The Morgan fingerprint density at radius 3 is 2.50 bits per heavy atom. The molecule has 40 heavy (non-hydrogen) atoms. The van der Waals surface area contributed by atoms with E-state index in [0.717, 1.165) is 34.0 Å². The van der Waals surface area contributed by atoms with E-state index in [2.05, 4.69) is 15.3 Å². The van der Waals surface area contributed by atoms with Crippen molar-refractivity contribution >= 4 is 28.8 Å². The number of nitrogens with one attached hydrogen (secondary N) is 2. The average molecular weight is 563 g/mol. The van der Waals surface area contributed by atoms with Crippen LogP contribution in [0.15, 0.2) is 90.1 Å². The van der Waals surface area contributed by atoms with Crippen LogP contribution in [-0.2, 0) is 17.6 Å². The summed E-state index contributed by atoms with van der Waals surface area (Å²) < 4.78 is 41.9. The number of nitrogens with two attached hydrogens (primary N) is 1. The van der Waals surface area contributed by atoms with Crippen LogP contribution in [0.1, 0.15) is 36.7 Å². The van der Waals surface area contributed by atoms with Crippen LogP contribution in [0.5, 0.6) is 0 Å². The van der Waals surface area contributed by atoms with Gasteiger partial charge in [0.15, 0.2) is 0 Å². The number of nitrogens with zero attached hydrogens (tertiary/aromatic N) is 1. The van der Waals surface area contributed by atoms with Crippen molar-refractivity contribution in [2.24, 2.45) is 5.14 Å². The molecule has 1 atom stereocenters. The smallest absolute Gasteiger partial charge is 0.225 e. The van der Waals surface area contributed by atoms with Gasteiger partial charge in [0, 0.05) is 39.8 Å². The zero-order valence-corrected chi connectivity index (χ0v) is 22.9. The van der Waals surface area contributed by atoms with Gasteiger partial charge in [-0.1, -0.05) is 32.0 Å². The molecule has 0 aliphatic rings. The average Bonchev–Trinajstić information content (AvgIpc) is 3.34. The van der Waals surface area contributed by atoms with Crippen LogP contribution < -0.4 is 10.5 Å². The Balaban J connectivity index is 0.00000181. The third kappa shape index (κ3) is 6.91. The summed E-state index contributed by atoms with van der Waals surface area (Å²) in [4.78, 5) is 21.7. The van der Waals surface area contributed by atoms with Gasteiger partial charge in [-0.3, -0.25) is 14.9 Å². The van der Waals surface area contributed by atoms with Crippen molar-refractivity contribution in [1.29, 1.82) is 0 Å². The lowest BCUT2D eigenvalue weighted by Gasteiger charge is -2.22. The number of aromatic nitrogens is 2. The van der Waals surface area contributed by atoms with Gasteiger partial charge in [-0.2, -0.15) is 0 Å². The number of hydrogen-bond acceptors (Lipinski definition) is 4. The molecule has 3 aromatic carbocycles. The predicted molar refractivity (Wildman–Crippen MR) is 154 cm³/mol. The topological polar surface area (TPSA) is 83.8 Å². The van der Waals surface area contributed by atoms with E-state index in [4.69, 9.17) is 5.14 Å². The first-order chi connectivity index (χ1) is 19.4. The minimum absolute atomic E-state index is 0.0288. The maximum Gasteiger partial charge on any atom is 0.225 e. The van der Waals surface area contributed by atoms with E-state index in [1.165, 1.54) is 24.3 Å². The van der Waals surface area contributed by atoms with Crippen LogP contribution in [0.4, 0.5) is 13.2 Å². The zero-order chi connectivity index (χ0) is 28.6. The highest BCUT2D eigenvalue weighted by atomic mass is 32.2. The highest BCUT2D eigenvalue weighted by Gasteiger charge is 2.22. The van der Waals surface area contributed by atoms with E-state index in [1.54, 1.807) is 24.5 Å². The summed E-state index contributed by atoms with van der Waals surface area (Å²) in [5, 5.41) is 9.35. The van der Waals surface area contributed by atoms with Crippen LogP contribution in [0.25, 0.3) is 22.0 Å². The van der Waals surface area contributed by atoms with E-state index >= 15 is 0 Å². The lowest BCUT2D eigenvalue weighted by atomic mass is 9.95. The van der Waals surface area contributed by atoms with Crippen molar-refractivity contribution < 1.29 is 18.0 Å². The molecule has 0 bridgehead atoms. The van der Waals surface area contributed by atoms with Crippen molar-refractivity contribution in [3.8, 4) is 11.1 Å². The second kappa shape index (κ2) is 13.3. The number of aromatic amines is 1. The first-order valence-electron chi connectivity index (χ1n) is 12.8. The molecule has 0 radical (unpaired) electrons. The lowest BCUT2D eigenvalue weighted by molar-refractivity contribution is -0.121. The van der Waals surface area contributed by atoms with Gasteiger partial charge >= 0.3 is 0 Å². The molecule has 0 spiro atoms. The van der Waals surface area contributed by atoms with Gasteiger partial charge in [-0.15, -0.1) is 0 Å². The Labute approximate surface area is 235 Å². The summed E-state index contributed by atoms with van der Waals surface area (Å²) in [5.41, 5.74) is 3.83. The fraction of sp³-hybridized carbons (Fsp3) is 0.161. The fourth-order valence-electron chi connectivity index (χ4n) is 4.57. The van der Waals surface area contributed by atoms with Crippen molar-refractivity contribution in [2.45, 2.75) is 37.6 Å². The van der Waals surface area contributed by atoms with Crippen molar-refractivity contribution in [3.05, 3.63) is 119 Å². The van der Waals surface area contributed by atoms with E-state index < -0.39 is 23.5 Å². The standard InChI is InChI=1S/C29H23F3N4OS.C2H6/c30-20-6-7-26-25(15-20)19(16-35-26)13-28(37)36-27(11-17-9-21(31)14-22(32)10-17)29-24(5-2-8-34-29)18-3-1-4-23(12-18)38-33;1-2/h1-10,12,14-16,27,35H,11,13,33H2,(H,36,37);1-2H3. The summed E-state index contributed by atoms with van der Waals surface area (Å²) in [7, 11) is 0. The Morgan fingerprint density at radius 2 is 1.75 bits per heavy atom. The Bertz CT molecular complexity index is 1600. The minimum atomic E-state index is -0.712. The molecule has 4 N–H and O–H groups in total. The van der Waals surface area contributed by atoms with E-state index in [9.17, 15) is 18.0 Å². The van der Waals surface area contributed by atoms with E-state index in [1.807, 2.05) is 44.2 Å². The fourth-order valence-corrected chi connectivity index (χ4v) is 4.92. The number of fused-ring (bicyclic) bond motifs is 1. The largest absolute Gasteiger partial charge is 0.361 e. The number of halogens is 3. The first-order valence-corrected chi connectivity index (χ1v) is 13.7. The lowest BCUT2D eigenvalue weighted by Crippen LogP contribution is -2.32. The number of pyridine rings is 1. The third-order valence-electron chi connectivity index (χ3n) is 6.23. The van der Waals surface area contributed by atoms with Gasteiger partial charge in [0.1, 0.15) is 17.5 Å². The number of carbonyl (C=O) groups excluding carboxylic acids is 1. The SMILES string of the molecule is CC.NSc1cccc(-c2cccnc2C(Cc2cc(F)cc(F)c2)NC(=O)Cc2c[nH]c3ccc(F)cc23)c1. The summed E-state index contributed by atoms with van der Waals surface area (Å²) in [6.07, 6.45) is 3.34. The van der Waals surface area contributed by atoms with Crippen LogP contribution >= 0.6 is 11.9 Å². The molecule has 5 nitrogen and oxygen atoms in total. The maximum absolute atomic E-state index is 14.0. The summed E-state index contributed by atoms with van der Waals surface area (Å²) in [6, 6.07) is 18.1.